The first-order chi connectivity index (χ1) is 14.6. The second-order valence-corrected chi connectivity index (χ2v) is 9.06. The zero-order chi connectivity index (χ0) is 22.8. The molecule has 1 aliphatic rings. The number of sulfonamides is 1. The molecule has 0 fully saturated rings. The predicted molar refractivity (Wildman–Crippen MR) is 114 cm³/mol. The number of non-ortho nitro benzene ring substituents is 1. The fourth-order valence-electron chi connectivity index (χ4n) is 3.26. The van der Waals surface area contributed by atoms with Crippen LogP contribution in [0.25, 0.3) is 0 Å². The third kappa shape index (κ3) is 5.05. The summed E-state index contributed by atoms with van der Waals surface area (Å²) in [7, 11) is -3.92. The summed E-state index contributed by atoms with van der Waals surface area (Å²) in [6.07, 6.45) is 0.502. The molecule has 0 saturated carbocycles. The van der Waals surface area contributed by atoms with Gasteiger partial charge in [-0.05, 0) is 31.5 Å². The van der Waals surface area contributed by atoms with E-state index in [1.54, 1.807) is 25.1 Å². The summed E-state index contributed by atoms with van der Waals surface area (Å²) < 4.78 is 37.3. The minimum Gasteiger partial charge on any atom is -0.486 e. The molecule has 0 saturated heterocycles. The molecule has 1 amide bonds. The van der Waals surface area contributed by atoms with Crippen molar-refractivity contribution in [2.45, 2.75) is 26.0 Å². The molecule has 1 heterocycles. The van der Waals surface area contributed by atoms with E-state index in [-0.39, 0.29) is 24.5 Å². The molecule has 1 aliphatic heterocycles. The van der Waals surface area contributed by atoms with E-state index < -0.39 is 33.0 Å². The molecule has 0 spiro atoms. The molecule has 2 atom stereocenters. The van der Waals surface area contributed by atoms with E-state index in [4.69, 9.17) is 9.47 Å². The van der Waals surface area contributed by atoms with Gasteiger partial charge >= 0.3 is 0 Å². The molecule has 0 radical (unpaired) electrons. The van der Waals surface area contributed by atoms with Crippen LogP contribution in [0.15, 0.2) is 42.5 Å². The Hall–Kier alpha value is -3.34. The maximum absolute atomic E-state index is 12.8. The molecule has 0 unspecified atom stereocenters. The van der Waals surface area contributed by atoms with Crippen molar-refractivity contribution in [2.24, 2.45) is 0 Å². The lowest BCUT2D eigenvalue weighted by molar-refractivity contribution is -0.384. The fraction of sp³-hybridized carbons (Fsp3) is 0.350. The van der Waals surface area contributed by atoms with Gasteiger partial charge in [-0.15, -0.1) is 0 Å². The molecule has 0 aliphatic carbocycles. The van der Waals surface area contributed by atoms with E-state index in [2.05, 4.69) is 5.32 Å². The Kier molecular flexibility index (Phi) is 6.34. The SMILES string of the molecule is Cc1ccc([N+](=O)[O-])cc1N([C@H](C)C(=O)NC[C@@H]1COc2ccccc2O1)S(C)(=O)=O. The molecular weight excluding hydrogens is 426 g/mol. The van der Waals surface area contributed by atoms with Gasteiger partial charge in [-0.1, -0.05) is 18.2 Å². The lowest BCUT2D eigenvalue weighted by Gasteiger charge is -2.30. The van der Waals surface area contributed by atoms with Gasteiger partial charge in [0, 0.05) is 12.1 Å². The highest BCUT2D eigenvalue weighted by molar-refractivity contribution is 7.92. The van der Waals surface area contributed by atoms with Crippen molar-refractivity contribution < 1.29 is 27.6 Å². The third-order valence-corrected chi connectivity index (χ3v) is 6.03. The Bertz CT molecular complexity index is 1100. The lowest BCUT2D eigenvalue weighted by atomic mass is 10.1. The van der Waals surface area contributed by atoms with Crippen molar-refractivity contribution in [2.75, 3.05) is 23.7 Å². The topological polar surface area (TPSA) is 128 Å². The number of nitro benzene ring substituents is 1. The van der Waals surface area contributed by atoms with Gasteiger partial charge in [0.2, 0.25) is 15.9 Å². The number of aryl methyl sites for hydroxylation is 1. The zero-order valence-corrected chi connectivity index (χ0v) is 18.1. The first-order valence-electron chi connectivity index (χ1n) is 9.48. The summed E-state index contributed by atoms with van der Waals surface area (Å²) in [5.74, 6) is 0.604. The van der Waals surface area contributed by atoms with Gasteiger partial charge < -0.3 is 14.8 Å². The lowest BCUT2D eigenvalue weighted by Crippen LogP contribution is -2.50. The largest absolute Gasteiger partial charge is 0.486 e. The van der Waals surface area contributed by atoms with Crippen LogP contribution in [0.2, 0.25) is 0 Å². The molecule has 2 aromatic rings. The number of benzene rings is 2. The van der Waals surface area contributed by atoms with Crippen LogP contribution in [-0.2, 0) is 14.8 Å². The number of hydrogen-bond donors (Lipinski definition) is 1. The predicted octanol–water partition coefficient (Wildman–Crippen LogP) is 2.01. The second-order valence-electron chi connectivity index (χ2n) is 7.21. The first kappa shape index (κ1) is 22.3. The number of carbonyl (C=O) groups is 1. The average molecular weight is 449 g/mol. The van der Waals surface area contributed by atoms with Crippen molar-refractivity contribution in [1.82, 2.24) is 5.32 Å². The Morgan fingerprint density at radius 2 is 1.97 bits per heavy atom. The zero-order valence-electron chi connectivity index (χ0n) is 17.3. The molecule has 2 aromatic carbocycles. The number of para-hydroxylation sites is 2. The van der Waals surface area contributed by atoms with Crippen molar-refractivity contribution in [3.05, 3.63) is 58.1 Å². The van der Waals surface area contributed by atoms with Crippen LogP contribution in [0.4, 0.5) is 11.4 Å². The highest BCUT2D eigenvalue weighted by Gasteiger charge is 2.32. The standard InChI is InChI=1S/C20H23N3O7S/c1-13-8-9-15(23(25)26)10-17(13)22(31(3,27)28)14(2)20(24)21-11-16-12-29-18-6-4-5-7-19(18)30-16/h4-10,14,16H,11-12H2,1-3H3,(H,21,24)/t14-,16-/m1/s1. The summed E-state index contributed by atoms with van der Waals surface area (Å²) in [5, 5.41) is 13.8. The van der Waals surface area contributed by atoms with Crippen LogP contribution in [0, 0.1) is 17.0 Å². The van der Waals surface area contributed by atoms with E-state index in [0.717, 1.165) is 16.6 Å². The molecular formula is C20H23N3O7S. The Morgan fingerprint density at radius 3 is 2.61 bits per heavy atom. The van der Waals surface area contributed by atoms with Crippen molar-refractivity contribution >= 4 is 27.3 Å². The van der Waals surface area contributed by atoms with Gasteiger partial charge in [0.15, 0.2) is 11.5 Å². The number of amides is 1. The monoisotopic (exact) mass is 449 g/mol. The Labute approximate surface area is 180 Å². The summed E-state index contributed by atoms with van der Waals surface area (Å²) in [6.45, 7) is 3.36. The molecule has 0 bridgehead atoms. The molecule has 1 N–H and O–H groups in total. The molecule has 11 heteroatoms. The first-order valence-corrected chi connectivity index (χ1v) is 11.3. The summed E-state index contributed by atoms with van der Waals surface area (Å²) >= 11 is 0. The van der Waals surface area contributed by atoms with E-state index in [9.17, 15) is 23.3 Å². The smallest absolute Gasteiger partial charge is 0.271 e. The molecule has 3 rings (SSSR count). The van der Waals surface area contributed by atoms with E-state index in [0.29, 0.717) is 17.1 Å². The maximum atomic E-state index is 12.8. The molecule has 31 heavy (non-hydrogen) atoms. The fourth-order valence-corrected chi connectivity index (χ4v) is 4.48. The molecule has 0 aromatic heterocycles. The van der Waals surface area contributed by atoms with Gasteiger partial charge in [0.25, 0.3) is 5.69 Å². The summed E-state index contributed by atoms with van der Waals surface area (Å²) in [4.78, 5) is 23.3. The van der Waals surface area contributed by atoms with Crippen LogP contribution in [-0.4, -0.2) is 50.8 Å². The van der Waals surface area contributed by atoms with Crippen LogP contribution in [0.3, 0.4) is 0 Å². The summed E-state index contributed by atoms with van der Waals surface area (Å²) in [6, 6.07) is 9.88. The van der Waals surface area contributed by atoms with Crippen LogP contribution in [0.1, 0.15) is 12.5 Å². The Balaban J connectivity index is 1.75. The number of hydrogen-bond acceptors (Lipinski definition) is 7. The van der Waals surface area contributed by atoms with Gasteiger partial charge in [-0.3, -0.25) is 19.2 Å². The number of anilines is 1. The number of nitrogens with zero attached hydrogens (tertiary/aromatic N) is 2. The number of ether oxygens (including phenoxy) is 2. The third-order valence-electron chi connectivity index (χ3n) is 4.80. The van der Waals surface area contributed by atoms with Crippen LogP contribution < -0.4 is 19.1 Å². The molecule has 166 valence electrons. The van der Waals surface area contributed by atoms with Crippen LogP contribution in [0.5, 0.6) is 11.5 Å². The van der Waals surface area contributed by atoms with Gasteiger partial charge in [0.05, 0.1) is 23.4 Å². The number of nitrogens with one attached hydrogen (secondary N) is 1. The normalized spacial score (nSPS) is 16.3. The number of fused-ring (bicyclic) bond motifs is 1. The quantitative estimate of drug-likeness (QED) is 0.506. The Morgan fingerprint density at radius 1 is 1.29 bits per heavy atom. The molecule has 10 nitrogen and oxygen atoms in total. The van der Waals surface area contributed by atoms with Crippen molar-refractivity contribution in [1.29, 1.82) is 0 Å². The number of nitro groups is 1. The van der Waals surface area contributed by atoms with Gasteiger partial charge in [-0.2, -0.15) is 0 Å². The minimum atomic E-state index is -3.92. The average Bonchev–Trinajstić information content (AvgIpc) is 2.72. The highest BCUT2D eigenvalue weighted by Crippen LogP contribution is 2.31. The van der Waals surface area contributed by atoms with Gasteiger partial charge in [-0.25, -0.2) is 8.42 Å². The summed E-state index contributed by atoms with van der Waals surface area (Å²) in [5.41, 5.74) is 0.287. The van der Waals surface area contributed by atoms with Gasteiger partial charge in [0.1, 0.15) is 18.8 Å². The minimum absolute atomic E-state index is 0.0746. The van der Waals surface area contributed by atoms with Crippen molar-refractivity contribution in [3.63, 3.8) is 0 Å². The van der Waals surface area contributed by atoms with Crippen molar-refractivity contribution in [3.8, 4) is 11.5 Å². The number of carbonyl (C=O) groups excluding carboxylic acids is 1. The highest BCUT2D eigenvalue weighted by atomic mass is 32.2. The van der Waals surface area contributed by atoms with Crippen LogP contribution >= 0.6 is 0 Å². The number of rotatable bonds is 7. The van der Waals surface area contributed by atoms with E-state index >= 15 is 0 Å². The second kappa shape index (κ2) is 8.80. The van der Waals surface area contributed by atoms with E-state index in [1.807, 2.05) is 6.07 Å². The maximum Gasteiger partial charge on any atom is 0.271 e. The van der Waals surface area contributed by atoms with E-state index in [1.165, 1.54) is 19.1 Å².